The molecule has 1 aliphatic carbocycles. The van der Waals surface area contributed by atoms with Crippen LogP contribution >= 0.6 is 11.6 Å². The molecule has 142 valence electrons. The number of amidine groups is 1. The number of hydrogen-bond acceptors (Lipinski definition) is 4. The third-order valence-corrected chi connectivity index (χ3v) is 5.63. The molecule has 0 aromatic heterocycles. The summed E-state index contributed by atoms with van der Waals surface area (Å²) in [6, 6.07) is 7.66. The van der Waals surface area contributed by atoms with E-state index in [1.54, 1.807) is 6.07 Å². The number of carbonyl (C=O) groups is 1. The Morgan fingerprint density at radius 2 is 2.08 bits per heavy atom. The van der Waals surface area contributed by atoms with Crippen LogP contribution in [0.5, 0.6) is 0 Å². The molecule has 1 aliphatic heterocycles. The highest BCUT2D eigenvalue weighted by molar-refractivity contribution is 6.36. The molecule has 1 aromatic rings. The molecule has 0 radical (unpaired) electrons. The number of benzene rings is 1. The van der Waals surface area contributed by atoms with E-state index >= 15 is 0 Å². The number of likely N-dealkylation sites (tertiary alicyclic amines) is 1. The number of para-hydroxylation sites is 1. The summed E-state index contributed by atoms with van der Waals surface area (Å²) in [6.07, 6.45) is 3.29. The molecular weight excluding hydrogens is 350 g/mol. The molecule has 0 amide bonds. The number of nitrogens with zero attached hydrogens (tertiary/aromatic N) is 2. The fourth-order valence-corrected chi connectivity index (χ4v) is 4.97. The maximum Gasteiger partial charge on any atom is 0.376 e. The van der Waals surface area contributed by atoms with Gasteiger partial charge in [-0.05, 0) is 49.1 Å². The van der Waals surface area contributed by atoms with Crippen LogP contribution in [0.2, 0.25) is 5.02 Å². The van der Waals surface area contributed by atoms with Gasteiger partial charge in [-0.1, -0.05) is 44.5 Å². The molecule has 26 heavy (non-hydrogen) atoms. The first kappa shape index (κ1) is 19.0. The van der Waals surface area contributed by atoms with Crippen molar-refractivity contribution < 1.29 is 9.53 Å². The van der Waals surface area contributed by atoms with Gasteiger partial charge in [0.15, 0.2) is 0 Å². The Balaban J connectivity index is 1.89. The molecule has 3 rings (SSSR count). The Kier molecular flexibility index (Phi) is 5.20. The lowest BCUT2D eigenvalue weighted by atomic mass is 9.65. The first-order valence-electron chi connectivity index (χ1n) is 9.25. The summed E-state index contributed by atoms with van der Waals surface area (Å²) in [5.74, 6) is -0.0424. The van der Waals surface area contributed by atoms with Gasteiger partial charge in [0.05, 0.1) is 17.3 Å². The Labute approximate surface area is 160 Å². The van der Waals surface area contributed by atoms with Gasteiger partial charge >= 0.3 is 5.97 Å². The molecule has 1 heterocycles. The van der Waals surface area contributed by atoms with E-state index in [-0.39, 0.29) is 16.8 Å². The van der Waals surface area contributed by atoms with E-state index in [9.17, 15) is 4.79 Å². The molecule has 2 fully saturated rings. The van der Waals surface area contributed by atoms with Gasteiger partial charge in [-0.2, -0.15) is 0 Å². The molecule has 5 nitrogen and oxygen atoms in total. The van der Waals surface area contributed by atoms with Crippen LogP contribution in [0, 0.1) is 10.8 Å². The van der Waals surface area contributed by atoms with Crippen LogP contribution in [-0.4, -0.2) is 35.9 Å². The van der Waals surface area contributed by atoms with Crippen LogP contribution in [0.25, 0.3) is 0 Å². The molecular formula is C20H28ClN3O2. The average molecular weight is 378 g/mol. The molecule has 1 saturated heterocycles. The topological polar surface area (TPSA) is 53.9 Å². The first-order valence-corrected chi connectivity index (χ1v) is 9.63. The van der Waals surface area contributed by atoms with Crippen molar-refractivity contribution in [2.45, 2.75) is 53.0 Å². The van der Waals surface area contributed by atoms with Crippen molar-refractivity contribution in [1.29, 1.82) is 0 Å². The summed E-state index contributed by atoms with van der Waals surface area (Å²) in [6.45, 7) is 9.89. The number of halogens is 1. The van der Waals surface area contributed by atoms with Gasteiger partial charge in [-0.15, -0.1) is 5.10 Å². The van der Waals surface area contributed by atoms with E-state index in [2.05, 4.69) is 36.2 Å². The smallest absolute Gasteiger partial charge is 0.376 e. The largest absolute Gasteiger partial charge is 0.460 e. The van der Waals surface area contributed by atoms with Crippen LogP contribution in [-0.2, 0) is 9.53 Å². The van der Waals surface area contributed by atoms with Gasteiger partial charge in [-0.3, -0.25) is 5.43 Å². The van der Waals surface area contributed by atoms with E-state index in [4.69, 9.17) is 16.3 Å². The number of ether oxygens (including phenoxy) is 1. The van der Waals surface area contributed by atoms with Crippen molar-refractivity contribution in [3.05, 3.63) is 29.3 Å². The molecule has 1 N–H and O–H groups in total. The summed E-state index contributed by atoms with van der Waals surface area (Å²) in [4.78, 5) is 14.8. The summed E-state index contributed by atoms with van der Waals surface area (Å²) in [5, 5.41) is 4.99. The Bertz CT molecular complexity index is 719. The summed E-state index contributed by atoms with van der Waals surface area (Å²) >= 11 is 6.20. The van der Waals surface area contributed by atoms with Crippen LogP contribution in [0.3, 0.4) is 0 Å². The molecule has 2 aliphatic rings. The maximum absolute atomic E-state index is 12.6. The summed E-state index contributed by atoms with van der Waals surface area (Å²) in [7, 11) is 0. The minimum atomic E-state index is -0.388. The number of carbonyl (C=O) groups excluding carboxylic acids is 1. The molecule has 2 bridgehead atoms. The second-order valence-electron chi connectivity index (χ2n) is 8.59. The number of anilines is 1. The Morgan fingerprint density at radius 1 is 1.35 bits per heavy atom. The lowest BCUT2D eigenvalue weighted by Crippen LogP contribution is -2.42. The number of esters is 1. The predicted octanol–water partition coefficient (Wildman–Crippen LogP) is 4.53. The normalized spacial score (nSPS) is 27.3. The Hall–Kier alpha value is -1.75. The molecule has 6 heteroatoms. The van der Waals surface area contributed by atoms with Gasteiger partial charge in [0.2, 0.25) is 5.84 Å². The third-order valence-electron chi connectivity index (χ3n) is 5.30. The van der Waals surface area contributed by atoms with Crippen molar-refractivity contribution in [3.63, 3.8) is 0 Å². The average Bonchev–Trinajstić information content (AvgIpc) is 2.78. The minimum absolute atomic E-state index is 0.198. The second kappa shape index (κ2) is 7.10. The summed E-state index contributed by atoms with van der Waals surface area (Å²) < 4.78 is 5.28. The van der Waals surface area contributed by atoms with Crippen molar-refractivity contribution in [1.82, 2.24) is 4.90 Å². The minimum Gasteiger partial charge on any atom is -0.460 e. The lowest BCUT2D eigenvalue weighted by Gasteiger charge is -2.39. The number of rotatable bonds is 3. The van der Waals surface area contributed by atoms with Crippen molar-refractivity contribution in [3.8, 4) is 0 Å². The molecule has 1 saturated carbocycles. The fourth-order valence-electron chi connectivity index (χ4n) is 4.80. The highest BCUT2D eigenvalue weighted by Gasteiger charge is 2.51. The van der Waals surface area contributed by atoms with Crippen LogP contribution in [0.15, 0.2) is 29.4 Å². The van der Waals surface area contributed by atoms with Crippen molar-refractivity contribution in [2.24, 2.45) is 15.9 Å². The Morgan fingerprint density at radius 3 is 2.77 bits per heavy atom. The molecule has 0 spiro atoms. The zero-order valence-electron chi connectivity index (χ0n) is 16.0. The van der Waals surface area contributed by atoms with Crippen LogP contribution in [0.4, 0.5) is 5.69 Å². The van der Waals surface area contributed by atoms with E-state index < -0.39 is 0 Å². The zero-order valence-corrected chi connectivity index (χ0v) is 16.8. The SMILES string of the molecule is CCOC(=O)/C(=N\Nc1ccccc1Cl)N1C[C@@]2(C)C[C@@H]1CC(C)(C)C2. The van der Waals surface area contributed by atoms with Gasteiger partial charge < -0.3 is 9.64 Å². The van der Waals surface area contributed by atoms with Gasteiger partial charge in [-0.25, -0.2) is 4.79 Å². The van der Waals surface area contributed by atoms with Crippen molar-refractivity contribution >= 4 is 29.1 Å². The number of fused-ring (bicyclic) bond motifs is 2. The fraction of sp³-hybridized carbons (Fsp3) is 0.600. The second-order valence-corrected chi connectivity index (χ2v) is 9.00. The number of hydrogen-bond donors (Lipinski definition) is 1. The van der Waals surface area contributed by atoms with E-state index in [1.807, 2.05) is 25.1 Å². The predicted molar refractivity (Wildman–Crippen MR) is 105 cm³/mol. The highest BCUT2D eigenvalue weighted by Crippen LogP contribution is 2.52. The van der Waals surface area contributed by atoms with E-state index in [1.165, 1.54) is 0 Å². The van der Waals surface area contributed by atoms with Crippen LogP contribution < -0.4 is 5.43 Å². The monoisotopic (exact) mass is 377 g/mol. The molecule has 1 aromatic carbocycles. The van der Waals surface area contributed by atoms with Crippen molar-refractivity contribution in [2.75, 3.05) is 18.6 Å². The number of hydrazone groups is 1. The highest BCUT2D eigenvalue weighted by atomic mass is 35.5. The first-order chi connectivity index (χ1) is 12.2. The van der Waals surface area contributed by atoms with E-state index in [0.29, 0.717) is 29.2 Å². The lowest BCUT2D eigenvalue weighted by molar-refractivity contribution is -0.136. The van der Waals surface area contributed by atoms with E-state index in [0.717, 1.165) is 25.8 Å². The summed E-state index contributed by atoms with van der Waals surface area (Å²) in [5.41, 5.74) is 4.09. The number of nitrogens with one attached hydrogen (secondary N) is 1. The maximum atomic E-state index is 12.6. The zero-order chi connectivity index (χ0) is 18.9. The standard InChI is InChI=1S/C20H28ClN3O2/c1-5-26-18(25)17(23-22-16-9-7-6-8-15(16)21)24-13-20(4)11-14(24)10-19(2,3)12-20/h6-9,14,22H,5,10-13H2,1-4H3/b23-17+/t14-,20-/m0/s1. The van der Waals surface area contributed by atoms with Gasteiger partial charge in [0.25, 0.3) is 0 Å². The molecule has 2 atom stereocenters. The van der Waals surface area contributed by atoms with Gasteiger partial charge in [0.1, 0.15) is 0 Å². The van der Waals surface area contributed by atoms with Crippen LogP contribution in [0.1, 0.15) is 47.0 Å². The van der Waals surface area contributed by atoms with Gasteiger partial charge in [0, 0.05) is 12.6 Å². The molecule has 0 unspecified atom stereocenters. The third kappa shape index (κ3) is 3.98. The quantitative estimate of drug-likeness (QED) is 0.364.